The highest BCUT2D eigenvalue weighted by Gasteiger charge is 2.26. The number of rotatable bonds is 7. The van der Waals surface area contributed by atoms with E-state index in [2.05, 4.69) is 18.7 Å². The third kappa shape index (κ3) is 5.04. The maximum absolute atomic E-state index is 10.6. The summed E-state index contributed by atoms with van der Waals surface area (Å²) in [5.74, 6) is -0.708. The minimum absolute atomic E-state index is 0.240. The predicted molar refractivity (Wildman–Crippen MR) is 67.2 cm³/mol. The lowest BCUT2D eigenvalue weighted by Gasteiger charge is -2.37. The summed E-state index contributed by atoms with van der Waals surface area (Å²) >= 11 is 0. The summed E-state index contributed by atoms with van der Waals surface area (Å²) in [6, 6.07) is 0.504. The number of carbonyl (C=O) groups is 1. The third-order valence-electron chi connectivity index (χ3n) is 3.49. The van der Waals surface area contributed by atoms with E-state index in [-0.39, 0.29) is 6.42 Å². The molecule has 17 heavy (non-hydrogen) atoms. The molecule has 1 rings (SSSR count). The number of hydrogen-bond acceptors (Lipinski definition) is 3. The number of ether oxygens (including phenoxy) is 1. The van der Waals surface area contributed by atoms with Crippen LogP contribution in [0.25, 0.3) is 0 Å². The van der Waals surface area contributed by atoms with E-state index in [4.69, 9.17) is 9.84 Å². The summed E-state index contributed by atoms with van der Waals surface area (Å²) in [5.41, 5.74) is 0. The lowest BCUT2D eigenvalue weighted by molar-refractivity contribution is -0.137. The zero-order valence-corrected chi connectivity index (χ0v) is 11.0. The topological polar surface area (TPSA) is 49.8 Å². The molecule has 1 aliphatic heterocycles. The van der Waals surface area contributed by atoms with Crippen molar-refractivity contribution in [1.82, 2.24) is 4.90 Å². The molecule has 0 radical (unpaired) electrons. The summed E-state index contributed by atoms with van der Waals surface area (Å²) < 4.78 is 5.73. The molecule has 1 N–H and O–H groups in total. The van der Waals surface area contributed by atoms with E-state index < -0.39 is 5.97 Å². The van der Waals surface area contributed by atoms with Crippen molar-refractivity contribution in [2.24, 2.45) is 0 Å². The molecule has 0 spiro atoms. The average molecular weight is 243 g/mol. The maximum atomic E-state index is 10.6. The molecular weight excluding hydrogens is 218 g/mol. The second-order valence-corrected chi connectivity index (χ2v) is 4.73. The Morgan fingerprint density at radius 2 is 2.24 bits per heavy atom. The summed E-state index contributed by atoms with van der Waals surface area (Å²) in [6.07, 6.45) is 4.97. The first-order chi connectivity index (χ1) is 8.17. The van der Waals surface area contributed by atoms with Crippen molar-refractivity contribution >= 4 is 5.97 Å². The highest BCUT2D eigenvalue weighted by Crippen LogP contribution is 2.22. The molecular formula is C13H25NO3. The highest BCUT2D eigenvalue weighted by molar-refractivity contribution is 5.66. The van der Waals surface area contributed by atoms with Crippen molar-refractivity contribution in [2.45, 2.75) is 58.1 Å². The van der Waals surface area contributed by atoms with Crippen LogP contribution in [0.1, 0.15) is 46.0 Å². The Hall–Kier alpha value is -0.610. The van der Waals surface area contributed by atoms with Crippen LogP contribution in [-0.4, -0.2) is 47.8 Å². The lowest BCUT2D eigenvalue weighted by Crippen LogP contribution is -2.43. The number of nitrogens with zero attached hydrogens (tertiary/aromatic N) is 1. The van der Waals surface area contributed by atoms with Crippen LogP contribution in [0.3, 0.4) is 0 Å². The summed E-state index contributed by atoms with van der Waals surface area (Å²) in [4.78, 5) is 12.9. The van der Waals surface area contributed by atoms with E-state index in [9.17, 15) is 4.79 Å². The first-order valence-electron chi connectivity index (χ1n) is 6.74. The molecule has 0 aliphatic carbocycles. The Kier molecular flexibility index (Phi) is 6.52. The molecule has 0 aromatic heterocycles. The van der Waals surface area contributed by atoms with Gasteiger partial charge in [-0.15, -0.1) is 0 Å². The monoisotopic (exact) mass is 243 g/mol. The average Bonchev–Trinajstić information content (AvgIpc) is 2.30. The second-order valence-electron chi connectivity index (χ2n) is 4.73. The van der Waals surface area contributed by atoms with E-state index >= 15 is 0 Å². The first-order valence-corrected chi connectivity index (χ1v) is 6.74. The fourth-order valence-corrected chi connectivity index (χ4v) is 2.55. The van der Waals surface area contributed by atoms with Gasteiger partial charge in [-0.1, -0.05) is 20.3 Å². The lowest BCUT2D eigenvalue weighted by atomic mass is 9.98. The normalized spacial score (nSPS) is 25.1. The highest BCUT2D eigenvalue weighted by atomic mass is 16.5. The minimum atomic E-state index is -0.708. The van der Waals surface area contributed by atoms with Crippen molar-refractivity contribution in [3.63, 3.8) is 0 Å². The van der Waals surface area contributed by atoms with E-state index in [0.717, 1.165) is 38.8 Å². The van der Waals surface area contributed by atoms with Gasteiger partial charge in [-0.3, -0.25) is 9.69 Å². The molecule has 1 heterocycles. The Balaban J connectivity index is 2.41. The van der Waals surface area contributed by atoms with Gasteiger partial charge in [-0.25, -0.2) is 0 Å². The fourth-order valence-electron chi connectivity index (χ4n) is 2.55. The molecule has 0 aromatic carbocycles. The predicted octanol–water partition coefficient (Wildman–Crippen LogP) is 2.13. The molecule has 1 fully saturated rings. The molecule has 4 nitrogen and oxygen atoms in total. The zero-order chi connectivity index (χ0) is 12.7. The van der Waals surface area contributed by atoms with Crippen LogP contribution < -0.4 is 0 Å². The Morgan fingerprint density at radius 1 is 1.47 bits per heavy atom. The Bertz CT molecular complexity index is 231. The van der Waals surface area contributed by atoms with Gasteiger partial charge in [0.25, 0.3) is 0 Å². The third-order valence-corrected chi connectivity index (χ3v) is 3.49. The van der Waals surface area contributed by atoms with Gasteiger partial charge in [0.15, 0.2) is 0 Å². The quantitative estimate of drug-likeness (QED) is 0.744. The van der Waals surface area contributed by atoms with Crippen molar-refractivity contribution in [3.8, 4) is 0 Å². The van der Waals surface area contributed by atoms with Crippen LogP contribution in [0.4, 0.5) is 0 Å². The van der Waals surface area contributed by atoms with Crippen molar-refractivity contribution < 1.29 is 14.6 Å². The summed E-state index contributed by atoms with van der Waals surface area (Å²) in [6.45, 7) is 6.69. The van der Waals surface area contributed by atoms with E-state index in [1.807, 2.05) is 0 Å². The SMILES string of the molecule is CCCC1CC(N(CC)CCC(=O)O)CCO1. The van der Waals surface area contributed by atoms with Gasteiger partial charge in [0, 0.05) is 19.2 Å². The molecule has 0 bridgehead atoms. The minimum Gasteiger partial charge on any atom is -0.481 e. The number of carboxylic acid groups (broad SMARTS) is 1. The van der Waals surface area contributed by atoms with E-state index in [1.54, 1.807) is 0 Å². The van der Waals surface area contributed by atoms with Gasteiger partial charge in [0.1, 0.15) is 0 Å². The van der Waals surface area contributed by atoms with Crippen LogP contribution in [0.15, 0.2) is 0 Å². The van der Waals surface area contributed by atoms with Crippen molar-refractivity contribution in [2.75, 3.05) is 19.7 Å². The number of hydrogen-bond donors (Lipinski definition) is 1. The van der Waals surface area contributed by atoms with Crippen LogP contribution in [-0.2, 0) is 9.53 Å². The Labute approximate surface area is 104 Å². The molecule has 2 unspecified atom stereocenters. The summed E-state index contributed by atoms with van der Waals surface area (Å²) in [5, 5.41) is 8.74. The molecule has 0 amide bonds. The van der Waals surface area contributed by atoms with Gasteiger partial charge in [-0.05, 0) is 25.8 Å². The molecule has 0 saturated carbocycles. The maximum Gasteiger partial charge on any atom is 0.304 e. The van der Waals surface area contributed by atoms with Crippen LogP contribution in [0.5, 0.6) is 0 Å². The largest absolute Gasteiger partial charge is 0.481 e. The molecule has 2 atom stereocenters. The van der Waals surface area contributed by atoms with Crippen LogP contribution in [0.2, 0.25) is 0 Å². The number of carboxylic acids is 1. The smallest absolute Gasteiger partial charge is 0.304 e. The molecule has 4 heteroatoms. The molecule has 100 valence electrons. The summed E-state index contributed by atoms with van der Waals surface area (Å²) in [7, 11) is 0. The van der Waals surface area contributed by atoms with Gasteiger partial charge >= 0.3 is 5.97 Å². The van der Waals surface area contributed by atoms with Crippen LogP contribution >= 0.6 is 0 Å². The van der Waals surface area contributed by atoms with E-state index in [0.29, 0.717) is 18.7 Å². The molecule has 1 saturated heterocycles. The van der Waals surface area contributed by atoms with Gasteiger partial charge < -0.3 is 9.84 Å². The van der Waals surface area contributed by atoms with Crippen molar-refractivity contribution in [1.29, 1.82) is 0 Å². The zero-order valence-electron chi connectivity index (χ0n) is 11.0. The van der Waals surface area contributed by atoms with Gasteiger partial charge in [0.05, 0.1) is 12.5 Å². The Morgan fingerprint density at radius 3 is 2.82 bits per heavy atom. The number of aliphatic carboxylic acids is 1. The second kappa shape index (κ2) is 7.67. The van der Waals surface area contributed by atoms with Gasteiger partial charge in [-0.2, -0.15) is 0 Å². The van der Waals surface area contributed by atoms with E-state index in [1.165, 1.54) is 0 Å². The molecule has 0 aromatic rings. The molecule has 1 aliphatic rings. The fraction of sp³-hybridized carbons (Fsp3) is 0.923. The first kappa shape index (κ1) is 14.5. The van der Waals surface area contributed by atoms with Gasteiger partial charge in [0.2, 0.25) is 0 Å². The van der Waals surface area contributed by atoms with Crippen molar-refractivity contribution in [3.05, 3.63) is 0 Å². The van der Waals surface area contributed by atoms with Crippen LogP contribution in [0, 0.1) is 0 Å². The standard InChI is InChI=1S/C13H25NO3/c1-3-5-12-10-11(7-9-17-12)14(4-2)8-6-13(15)16/h11-12H,3-10H2,1-2H3,(H,15,16).